The number of aromatic nitrogens is 6. The summed E-state index contributed by atoms with van der Waals surface area (Å²) in [6, 6.07) is 4.13. The Bertz CT molecular complexity index is 706. The number of aryl methyl sites for hydroxylation is 2. The van der Waals surface area contributed by atoms with Gasteiger partial charge in [0.05, 0.1) is 12.9 Å². The van der Waals surface area contributed by atoms with Crippen LogP contribution in [-0.2, 0) is 26.2 Å². The van der Waals surface area contributed by atoms with E-state index in [-0.39, 0.29) is 0 Å². The van der Waals surface area contributed by atoms with Crippen LogP contribution in [0.1, 0.15) is 24.7 Å². The lowest BCUT2D eigenvalue weighted by Crippen LogP contribution is -2.26. The predicted octanol–water partition coefficient (Wildman–Crippen LogP) is 1.98. The standard InChI is InChI=1S/C17H23N7/c1-2-24-17(20-14-21-24)13-23(12-16-4-6-18-7-5-16)10-3-9-22-11-8-19-15-22/h4-8,11,14-15H,2-3,9-10,12-13H2,1H3. The molecule has 3 heterocycles. The number of pyridine rings is 1. The molecule has 0 amide bonds. The van der Waals surface area contributed by atoms with Crippen LogP contribution in [0.2, 0.25) is 0 Å². The minimum absolute atomic E-state index is 0.792. The molecular formula is C17H23N7. The summed E-state index contributed by atoms with van der Waals surface area (Å²) in [6.07, 6.45) is 12.1. The molecule has 7 nitrogen and oxygen atoms in total. The van der Waals surface area contributed by atoms with Gasteiger partial charge in [0.2, 0.25) is 0 Å². The van der Waals surface area contributed by atoms with E-state index in [0.29, 0.717) is 0 Å². The van der Waals surface area contributed by atoms with Gasteiger partial charge < -0.3 is 4.57 Å². The van der Waals surface area contributed by atoms with Crippen molar-refractivity contribution in [1.29, 1.82) is 0 Å². The number of hydrogen-bond acceptors (Lipinski definition) is 5. The van der Waals surface area contributed by atoms with Gasteiger partial charge in [-0.1, -0.05) is 0 Å². The fourth-order valence-electron chi connectivity index (χ4n) is 2.73. The van der Waals surface area contributed by atoms with Gasteiger partial charge in [-0.15, -0.1) is 0 Å². The monoisotopic (exact) mass is 325 g/mol. The van der Waals surface area contributed by atoms with Crippen molar-refractivity contribution < 1.29 is 0 Å². The molecule has 3 rings (SSSR count). The van der Waals surface area contributed by atoms with Crippen molar-refractivity contribution >= 4 is 0 Å². The lowest BCUT2D eigenvalue weighted by molar-refractivity contribution is 0.238. The third-order valence-corrected chi connectivity index (χ3v) is 3.97. The maximum Gasteiger partial charge on any atom is 0.141 e. The summed E-state index contributed by atoms with van der Waals surface area (Å²) in [6.45, 7) is 6.55. The Kier molecular flexibility index (Phi) is 5.68. The average Bonchev–Trinajstić information content (AvgIpc) is 3.27. The fourth-order valence-corrected chi connectivity index (χ4v) is 2.73. The molecule has 0 atom stereocenters. The minimum atomic E-state index is 0.792. The first-order valence-corrected chi connectivity index (χ1v) is 8.29. The molecule has 3 aromatic heterocycles. The summed E-state index contributed by atoms with van der Waals surface area (Å²) in [5, 5.41) is 4.27. The van der Waals surface area contributed by atoms with Gasteiger partial charge in [-0.25, -0.2) is 14.6 Å². The maximum absolute atomic E-state index is 4.41. The van der Waals surface area contributed by atoms with Crippen LogP contribution < -0.4 is 0 Å². The Hall–Kier alpha value is -2.54. The first kappa shape index (κ1) is 16.3. The topological polar surface area (TPSA) is 64.7 Å². The van der Waals surface area contributed by atoms with E-state index in [9.17, 15) is 0 Å². The molecule has 0 saturated carbocycles. The van der Waals surface area contributed by atoms with E-state index in [4.69, 9.17) is 0 Å². The highest BCUT2D eigenvalue weighted by molar-refractivity contribution is 5.09. The highest BCUT2D eigenvalue weighted by Crippen LogP contribution is 2.09. The Labute approximate surface area is 142 Å². The second-order valence-electron chi connectivity index (χ2n) is 5.71. The van der Waals surface area contributed by atoms with Gasteiger partial charge >= 0.3 is 0 Å². The summed E-state index contributed by atoms with van der Waals surface area (Å²) in [7, 11) is 0. The summed E-state index contributed by atoms with van der Waals surface area (Å²) < 4.78 is 4.06. The van der Waals surface area contributed by atoms with Gasteiger partial charge in [-0.2, -0.15) is 5.10 Å². The van der Waals surface area contributed by atoms with Crippen LogP contribution in [0.4, 0.5) is 0 Å². The highest BCUT2D eigenvalue weighted by Gasteiger charge is 2.11. The van der Waals surface area contributed by atoms with Crippen molar-refractivity contribution in [1.82, 2.24) is 34.2 Å². The van der Waals surface area contributed by atoms with Crippen molar-refractivity contribution in [2.75, 3.05) is 6.54 Å². The first-order valence-electron chi connectivity index (χ1n) is 8.29. The van der Waals surface area contributed by atoms with Crippen molar-refractivity contribution in [3.05, 3.63) is 61.0 Å². The Balaban J connectivity index is 1.63. The summed E-state index contributed by atoms with van der Waals surface area (Å²) in [5.41, 5.74) is 1.26. The zero-order valence-corrected chi connectivity index (χ0v) is 14.0. The molecule has 7 heteroatoms. The molecule has 0 spiro atoms. The van der Waals surface area contributed by atoms with Gasteiger partial charge in [0.25, 0.3) is 0 Å². The van der Waals surface area contributed by atoms with E-state index >= 15 is 0 Å². The second kappa shape index (κ2) is 8.35. The number of hydrogen-bond donors (Lipinski definition) is 0. The van der Waals surface area contributed by atoms with Crippen molar-refractivity contribution in [3.63, 3.8) is 0 Å². The molecule has 0 aliphatic carbocycles. The van der Waals surface area contributed by atoms with Crippen LogP contribution in [0.15, 0.2) is 49.6 Å². The van der Waals surface area contributed by atoms with E-state index in [1.807, 2.05) is 35.8 Å². The third kappa shape index (κ3) is 4.48. The molecule has 126 valence electrons. The molecule has 0 bridgehead atoms. The second-order valence-corrected chi connectivity index (χ2v) is 5.71. The van der Waals surface area contributed by atoms with Gasteiger partial charge in [0.15, 0.2) is 0 Å². The predicted molar refractivity (Wildman–Crippen MR) is 90.9 cm³/mol. The van der Waals surface area contributed by atoms with Crippen LogP contribution in [0.3, 0.4) is 0 Å². The Morgan fingerprint density at radius 2 is 1.96 bits per heavy atom. The lowest BCUT2D eigenvalue weighted by Gasteiger charge is -2.22. The third-order valence-electron chi connectivity index (χ3n) is 3.97. The largest absolute Gasteiger partial charge is 0.337 e. The van der Waals surface area contributed by atoms with Crippen LogP contribution in [-0.4, -0.2) is 40.7 Å². The SMILES string of the molecule is CCn1ncnc1CN(CCCn1ccnc1)Cc1ccncc1. The Morgan fingerprint density at radius 1 is 1.08 bits per heavy atom. The fraction of sp³-hybridized carbons (Fsp3) is 0.412. The van der Waals surface area contributed by atoms with E-state index in [1.165, 1.54) is 5.56 Å². The van der Waals surface area contributed by atoms with Crippen LogP contribution in [0.5, 0.6) is 0 Å². The Morgan fingerprint density at radius 3 is 2.71 bits per heavy atom. The summed E-state index contributed by atoms with van der Waals surface area (Å²) in [5.74, 6) is 1.01. The van der Waals surface area contributed by atoms with E-state index < -0.39 is 0 Å². The molecular weight excluding hydrogens is 302 g/mol. The number of imidazole rings is 1. The molecule has 0 aliphatic heterocycles. The average molecular weight is 325 g/mol. The van der Waals surface area contributed by atoms with Gasteiger partial charge in [0.1, 0.15) is 12.2 Å². The zero-order valence-electron chi connectivity index (χ0n) is 14.0. The molecule has 0 unspecified atom stereocenters. The van der Waals surface area contributed by atoms with Crippen molar-refractivity contribution in [2.24, 2.45) is 0 Å². The van der Waals surface area contributed by atoms with Gasteiger partial charge in [0, 0.05) is 51.0 Å². The first-order chi connectivity index (χ1) is 11.8. The summed E-state index contributed by atoms with van der Waals surface area (Å²) in [4.78, 5) is 15.0. The van der Waals surface area contributed by atoms with Crippen LogP contribution >= 0.6 is 0 Å². The molecule has 24 heavy (non-hydrogen) atoms. The molecule has 0 saturated heterocycles. The molecule has 0 aliphatic rings. The van der Waals surface area contributed by atoms with E-state index in [1.54, 1.807) is 6.33 Å². The molecule has 0 N–H and O–H groups in total. The van der Waals surface area contributed by atoms with Gasteiger partial charge in [-0.3, -0.25) is 9.88 Å². The van der Waals surface area contributed by atoms with E-state index in [2.05, 4.69) is 48.6 Å². The minimum Gasteiger partial charge on any atom is -0.337 e. The smallest absolute Gasteiger partial charge is 0.141 e. The van der Waals surface area contributed by atoms with Gasteiger partial charge in [-0.05, 0) is 31.0 Å². The lowest BCUT2D eigenvalue weighted by atomic mass is 10.2. The normalized spacial score (nSPS) is 11.2. The number of nitrogens with zero attached hydrogens (tertiary/aromatic N) is 7. The zero-order chi connectivity index (χ0) is 16.6. The molecule has 0 radical (unpaired) electrons. The van der Waals surface area contributed by atoms with Crippen LogP contribution in [0.25, 0.3) is 0 Å². The highest BCUT2D eigenvalue weighted by atomic mass is 15.3. The molecule has 0 aromatic carbocycles. The summed E-state index contributed by atoms with van der Waals surface area (Å²) >= 11 is 0. The van der Waals surface area contributed by atoms with Crippen molar-refractivity contribution in [3.8, 4) is 0 Å². The van der Waals surface area contributed by atoms with E-state index in [0.717, 1.165) is 45.0 Å². The molecule has 0 fully saturated rings. The molecule has 3 aromatic rings. The maximum atomic E-state index is 4.41. The quantitative estimate of drug-likeness (QED) is 0.602. The number of rotatable bonds is 9. The van der Waals surface area contributed by atoms with Crippen molar-refractivity contribution in [2.45, 2.75) is 39.5 Å². The van der Waals surface area contributed by atoms with Crippen LogP contribution in [0, 0.1) is 0 Å².